The summed E-state index contributed by atoms with van der Waals surface area (Å²) in [6.07, 6.45) is 1.77. The van der Waals surface area contributed by atoms with Crippen LogP contribution in [0.5, 0.6) is 0 Å². The number of ether oxygens (including phenoxy) is 1. The molecular weight excluding hydrogens is 266 g/mol. The fourth-order valence-electron chi connectivity index (χ4n) is 2.73. The average molecular weight is 293 g/mol. The first-order valence-corrected chi connectivity index (χ1v) is 7.45. The van der Waals surface area contributed by atoms with Crippen LogP contribution < -0.4 is 5.32 Å². The number of carboxylic acids is 1. The number of methoxy groups -OCH3 is 1. The van der Waals surface area contributed by atoms with Crippen LogP contribution in [0.2, 0.25) is 0 Å². The van der Waals surface area contributed by atoms with Crippen LogP contribution in [0.25, 0.3) is 0 Å². The number of aryl methyl sites for hydroxylation is 3. The number of rotatable bonds is 9. The minimum atomic E-state index is -0.762. The first-order valence-electron chi connectivity index (χ1n) is 7.45. The molecule has 1 unspecified atom stereocenters. The summed E-state index contributed by atoms with van der Waals surface area (Å²) in [6.45, 7) is 7.74. The van der Waals surface area contributed by atoms with E-state index in [0.717, 1.165) is 19.4 Å². The molecule has 4 heteroatoms. The van der Waals surface area contributed by atoms with Crippen molar-refractivity contribution in [3.63, 3.8) is 0 Å². The molecule has 1 aromatic rings. The molecule has 0 spiro atoms. The van der Waals surface area contributed by atoms with Crippen molar-refractivity contribution >= 4 is 5.97 Å². The highest BCUT2D eigenvalue weighted by atomic mass is 16.5. The molecule has 0 saturated heterocycles. The molecular formula is C17H27NO3. The molecule has 1 rings (SSSR count). The van der Waals surface area contributed by atoms with Crippen LogP contribution in [0.4, 0.5) is 0 Å². The van der Waals surface area contributed by atoms with Gasteiger partial charge in [0.25, 0.3) is 0 Å². The van der Waals surface area contributed by atoms with Crippen LogP contribution in [-0.2, 0) is 16.0 Å². The molecule has 0 amide bonds. The largest absolute Gasteiger partial charge is 0.481 e. The summed E-state index contributed by atoms with van der Waals surface area (Å²) >= 11 is 0. The Kier molecular flexibility index (Phi) is 7.40. The summed E-state index contributed by atoms with van der Waals surface area (Å²) in [4.78, 5) is 11.0. The molecule has 0 bridgehead atoms. The van der Waals surface area contributed by atoms with Crippen LogP contribution in [0.1, 0.15) is 35.1 Å². The molecule has 118 valence electrons. The quantitative estimate of drug-likeness (QED) is 0.687. The number of aliphatic carboxylic acids is 1. The Morgan fingerprint density at radius 3 is 2.43 bits per heavy atom. The summed E-state index contributed by atoms with van der Waals surface area (Å²) in [5, 5.41) is 12.4. The maximum Gasteiger partial charge on any atom is 0.304 e. The van der Waals surface area contributed by atoms with E-state index in [1.807, 2.05) is 0 Å². The van der Waals surface area contributed by atoms with Gasteiger partial charge in [-0.3, -0.25) is 4.79 Å². The predicted molar refractivity (Wildman–Crippen MR) is 84.9 cm³/mol. The molecule has 0 aromatic heterocycles. The van der Waals surface area contributed by atoms with Crippen molar-refractivity contribution in [3.8, 4) is 0 Å². The van der Waals surface area contributed by atoms with Crippen molar-refractivity contribution in [2.45, 2.75) is 46.1 Å². The van der Waals surface area contributed by atoms with Crippen molar-refractivity contribution in [1.82, 2.24) is 5.32 Å². The fourth-order valence-corrected chi connectivity index (χ4v) is 2.73. The summed E-state index contributed by atoms with van der Waals surface area (Å²) in [6, 6.07) is 4.27. The second-order valence-electron chi connectivity index (χ2n) is 5.68. The summed E-state index contributed by atoms with van der Waals surface area (Å²) in [7, 11) is 1.67. The molecule has 0 aliphatic carbocycles. The third-order valence-electron chi connectivity index (χ3n) is 3.67. The highest BCUT2D eigenvalue weighted by molar-refractivity contribution is 5.67. The molecule has 4 nitrogen and oxygen atoms in total. The van der Waals surface area contributed by atoms with Crippen LogP contribution in [0.15, 0.2) is 12.1 Å². The molecule has 0 heterocycles. The number of hydrogen-bond acceptors (Lipinski definition) is 3. The van der Waals surface area contributed by atoms with Gasteiger partial charge in [0.05, 0.1) is 6.42 Å². The molecule has 0 radical (unpaired) electrons. The van der Waals surface area contributed by atoms with E-state index in [4.69, 9.17) is 9.84 Å². The van der Waals surface area contributed by atoms with Crippen LogP contribution in [0.3, 0.4) is 0 Å². The molecule has 0 fully saturated rings. The van der Waals surface area contributed by atoms with Crippen molar-refractivity contribution in [3.05, 3.63) is 34.4 Å². The zero-order valence-corrected chi connectivity index (χ0v) is 13.5. The van der Waals surface area contributed by atoms with E-state index in [0.29, 0.717) is 6.61 Å². The average Bonchev–Trinajstić information content (AvgIpc) is 2.37. The normalized spacial score (nSPS) is 12.4. The van der Waals surface area contributed by atoms with Gasteiger partial charge in [-0.05, 0) is 56.8 Å². The van der Waals surface area contributed by atoms with Gasteiger partial charge < -0.3 is 15.2 Å². The standard InChI is InChI=1S/C17H27NO3/c1-12-8-13(2)16(14(3)9-12)10-15(11-17(19)20)18-6-5-7-21-4/h8-9,15,18H,5-7,10-11H2,1-4H3,(H,19,20). The van der Waals surface area contributed by atoms with Crippen LogP contribution in [-0.4, -0.2) is 37.4 Å². The lowest BCUT2D eigenvalue weighted by Gasteiger charge is -2.20. The highest BCUT2D eigenvalue weighted by Gasteiger charge is 2.16. The smallest absolute Gasteiger partial charge is 0.304 e. The Bertz CT molecular complexity index is 448. The lowest BCUT2D eigenvalue weighted by Crippen LogP contribution is -2.35. The fraction of sp³-hybridized carbons (Fsp3) is 0.588. The van der Waals surface area contributed by atoms with Crippen LogP contribution >= 0.6 is 0 Å². The number of nitrogens with one attached hydrogen (secondary N) is 1. The number of hydrogen-bond donors (Lipinski definition) is 2. The number of carboxylic acid groups (broad SMARTS) is 1. The zero-order valence-electron chi connectivity index (χ0n) is 13.5. The van der Waals surface area contributed by atoms with Crippen molar-refractivity contribution in [2.75, 3.05) is 20.3 Å². The maximum absolute atomic E-state index is 11.0. The summed E-state index contributed by atoms with van der Waals surface area (Å²) in [5.74, 6) is -0.762. The van der Waals surface area contributed by atoms with Gasteiger partial charge in [-0.25, -0.2) is 0 Å². The first kappa shape index (κ1) is 17.7. The van der Waals surface area contributed by atoms with Crippen molar-refractivity contribution < 1.29 is 14.6 Å². The van der Waals surface area contributed by atoms with E-state index in [1.165, 1.54) is 22.3 Å². The number of benzene rings is 1. The molecule has 0 aliphatic rings. The SMILES string of the molecule is COCCCNC(CC(=O)O)Cc1c(C)cc(C)cc1C. The lowest BCUT2D eigenvalue weighted by molar-refractivity contribution is -0.137. The van der Waals surface area contributed by atoms with Gasteiger partial charge in [-0.2, -0.15) is 0 Å². The minimum Gasteiger partial charge on any atom is -0.481 e. The third kappa shape index (κ3) is 6.27. The summed E-state index contributed by atoms with van der Waals surface area (Å²) < 4.78 is 5.02. The molecule has 21 heavy (non-hydrogen) atoms. The monoisotopic (exact) mass is 293 g/mol. The molecule has 1 aromatic carbocycles. The van der Waals surface area contributed by atoms with E-state index >= 15 is 0 Å². The van der Waals surface area contributed by atoms with Gasteiger partial charge in [-0.1, -0.05) is 17.7 Å². The maximum atomic E-state index is 11.0. The third-order valence-corrected chi connectivity index (χ3v) is 3.67. The van der Waals surface area contributed by atoms with Gasteiger partial charge in [0.15, 0.2) is 0 Å². The Hall–Kier alpha value is -1.39. The van der Waals surface area contributed by atoms with E-state index in [-0.39, 0.29) is 12.5 Å². The van der Waals surface area contributed by atoms with Gasteiger partial charge >= 0.3 is 5.97 Å². The Morgan fingerprint density at radius 1 is 1.29 bits per heavy atom. The zero-order chi connectivity index (χ0) is 15.8. The predicted octanol–water partition coefficient (Wildman–Crippen LogP) is 2.62. The van der Waals surface area contributed by atoms with Crippen molar-refractivity contribution in [2.24, 2.45) is 0 Å². The lowest BCUT2D eigenvalue weighted by atomic mass is 9.93. The van der Waals surface area contributed by atoms with E-state index in [9.17, 15) is 4.79 Å². The van der Waals surface area contributed by atoms with E-state index in [1.54, 1.807) is 7.11 Å². The van der Waals surface area contributed by atoms with E-state index in [2.05, 4.69) is 38.2 Å². The second kappa shape index (κ2) is 8.80. The van der Waals surface area contributed by atoms with Crippen molar-refractivity contribution in [1.29, 1.82) is 0 Å². The highest BCUT2D eigenvalue weighted by Crippen LogP contribution is 2.19. The molecule has 1 atom stereocenters. The Morgan fingerprint density at radius 2 is 1.90 bits per heavy atom. The van der Waals surface area contributed by atoms with Gasteiger partial charge in [0.2, 0.25) is 0 Å². The first-order chi connectivity index (χ1) is 9.93. The molecule has 2 N–H and O–H groups in total. The minimum absolute atomic E-state index is 0.0422. The van der Waals surface area contributed by atoms with E-state index < -0.39 is 5.97 Å². The van der Waals surface area contributed by atoms with Gasteiger partial charge in [0.1, 0.15) is 0 Å². The van der Waals surface area contributed by atoms with Gasteiger partial charge in [0, 0.05) is 19.8 Å². The Balaban J connectivity index is 2.73. The number of carbonyl (C=O) groups is 1. The topological polar surface area (TPSA) is 58.6 Å². The molecule has 0 saturated carbocycles. The second-order valence-corrected chi connectivity index (χ2v) is 5.68. The summed E-state index contributed by atoms with van der Waals surface area (Å²) in [5.41, 5.74) is 4.98. The van der Waals surface area contributed by atoms with Gasteiger partial charge in [-0.15, -0.1) is 0 Å². The molecule has 0 aliphatic heterocycles. The Labute approximate surface area is 127 Å². The van der Waals surface area contributed by atoms with Crippen LogP contribution in [0, 0.1) is 20.8 Å².